The van der Waals surface area contributed by atoms with Crippen molar-refractivity contribution in [1.29, 1.82) is 0 Å². The summed E-state index contributed by atoms with van der Waals surface area (Å²) < 4.78 is 26.8. The summed E-state index contributed by atoms with van der Waals surface area (Å²) in [5, 5.41) is 3.15. The van der Waals surface area contributed by atoms with Gasteiger partial charge in [-0.2, -0.15) is 11.8 Å². The SMILES string of the molecule is CCNCc1cc(S(=O)(=O)NCC(C)CSC)c[nH]1. The molecule has 0 saturated heterocycles. The van der Waals surface area contributed by atoms with Crippen LogP contribution in [0.2, 0.25) is 0 Å². The number of nitrogens with one attached hydrogen (secondary N) is 3. The van der Waals surface area contributed by atoms with E-state index in [2.05, 4.69) is 15.0 Å². The normalized spacial score (nSPS) is 13.6. The first-order valence-corrected chi connectivity index (χ1v) is 9.24. The summed E-state index contributed by atoms with van der Waals surface area (Å²) in [6, 6.07) is 1.67. The largest absolute Gasteiger partial charge is 0.363 e. The van der Waals surface area contributed by atoms with Crippen LogP contribution in [0.1, 0.15) is 19.5 Å². The Hall–Kier alpha value is -0.500. The quantitative estimate of drug-likeness (QED) is 0.645. The number of hydrogen-bond acceptors (Lipinski definition) is 4. The van der Waals surface area contributed by atoms with E-state index in [1.807, 2.05) is 20.1 Å². The van der Waals surface area contributed by atoms with Crippen LogP contribution in [0, 0.1) is 5.92 Å². The van der Waals surface area contributed by atoms with Crippen LogP contribution >= 0.6 is 11.8 Å². The number of thioether (sulfide) groups is 1. The van der Waals surface area contributed by atoms with E-state index in [1.165, 1.54) is 6.20 Å². The number of rotatable bonds is 9. The van der Waals surface area contributed by atoms with E-state index in [1.54, 1.807) is 17.8 Å². The first-order chi connectivity index (χ1) is 8.99. The average molecular weight is 305 g/mol. The molecule has 0 fully saturated rings. The first kappa shape index (κ1) is 16.6. The molecule has 19 heavy (non-hydrogen) atoms. The van der Waals surface area contributed by atoms with Crippen LogP contribution < -0.4 is 10.0 Å². The zero-order valence-corrected chi connectivity index (χ0v) is 13.3. The van der Waals surface area contributed by atoms with Gasteiger partial charge in [-0.3, -0.25) is 0 Å². The minimum absolute atomic E-state index is 0.303. The first-order valence-electron chi connectivity index (χ1n) is 6.36. The van der Waals surface area contributed by atoms with Crippen molar-refractivity contribution in [2.24, 2.45) is 5.92 Å². The number of hydrogen-bond donors (Lipinski definition) is 3. The maximum absolute atomic E-state index is 12.1. The predicted molar refractivity (Wildman–Crippen MR) is 80.9 cm³/mol. The fraction of sp³-hybridized carbons (Fsp3) is 0.667. The van der Waals surface area contributed by atoms with Crippen molar-refractivity contribution in [2.45, 2.75) is 25.3 Å². The summed E-state index contributed by atoms with van der Waals surface area (Å²) in [6.45, 7) is 6.01. The minimum atomic E-state index is -3.40. The van der Waals surface area contributed by atoms with E-state index in [0.717, 1.165) is 18.0 Å². The lowest BCUT2D eigenvalue weighted by Gasteiger charge is -2.10. The Balaban J connectivity index is 2.59. The van der Waals surface area contributed by atoms with Gasteiger partial charge in [-0.25, -0.2) is 13.1 Å². The van der Waals surface area contributed by atoms with Crippen LogP contribution in [0.5, 0.6) is 0 Å². The monoisotopic (exact) mass is 305 g/mol. The maximum Gasteiger partial charge on any atom is 0.242 e. The molecule has 1 rings (SSSR count). The van der Waals surface area contributed by atoms with Crippen LogP contribution in [-0.4, -0.2) is 38.5 Å². The molecular weight excluding hydrogens is 282 g/mol. The molecule has 0 saturated carbocycles. The summed E-state index contributed by atoms with van der Waals surface area (Å²) in [6.07, 6.45) is 3.55. The standard InChI is InChI=1S/C12H23N3O2S2/c1-4-13-7-11-5-12(8-14-11)19(16,17)15-6-10(2)9-18-3/h5,8,10,13-15H,4,6-7,9H2,1-3H3. The van der Waals surface area contributed by atoms with Crippen molar-refractivity contribution in [1.82, 2.24) is 15.0 Å². The topological polar surface area (TPSA) is 74.0 Å². The lowest BCUT2D eigenvalue weighted by molar-refractivity contribution is 0.563. The molecular formula is C12H23N3O2S2. The molecule has 1 heterocycles. The summed E-state index contributed by atoms with van der Waals surface area (Å²) in [4.78, 5) is 3.28. The van der Waals surface area contributed by atoms with Crippen molar-refractivity contribution in [2.75, 3.05) is 25.1 Å². The molecule has 1 aromatic rings. The van der Waals surface area contributed by atoms with E-state index in [0.29, 0.717) is 23.9 Å². The van der Waals surface area contributed by atoms with Gasteiger partial charge < -0.3 is 10.3 Å². The molecule has 110 valence electrons. The summed E-state index contributed by atoms with van der Waals surface area (Å²) in [5.41, 5.74) is 0.874. The minimum Gasteiger partial charge on any atom is -0.363 e. The molecule has 7 heteroatoms. The van der Waals surface area contributed by atoms with Crippen molar-refractivity contribution in [3.05, 3.63) is 18.0 Å². The van der Waals surface area contributed by atoms with Gasteiger partial charge in [0.05, 0.1) is 4.90 Å². The predicted octanol–water partition coefficient (Wildman–Crippen LogP) is 1.40. The summed E-state index contributed by atoms with van der Waals surface area (Å²) in [7, 11) is -3.40. The molecule has 0 spiro atoms. The molecule has 0 bridgehead atoms. The van der Waals surface area contributed by atoms with Crippen molar-refractivity contribution >= 4 is 21.8 Å². The van der Waals surface area contributed by atoms with Crippen LogP contribution in [0.3, 0.4) is 0 Å². The van der Waals surface area contributed by atoms with Crippen molar-refractivity contribution in [3.8, 4) is 0 Å². The molecule has 5 nitrogen and oxygen atoms in total. The highest BCUT2D eigenvalue weighted by Gasteiger charge is 2.16. The molecule has 1 atom stereocenters. The fourth-order valence-corrected chi connectivity index (χ4v) is 3.48. The number of H-pyrrole nitrogens is 1. The maximum atomic E-state index is 12.1. The Morgan fingerprint density at radius 3 is 2.84 bits per heavy atom. The molecule has 0 radical (unpaired) electrons. The van der Waals surface area contributed by atoms with Gasteiger partial charge in [0.2, 0.25) is 10.0 Å². The zero-order valence-electron chi connectivity index (χ0n) is 11.7. The second kappa shape index (κ2) is 7.94. The fourth-order valence-electron chi connectivity index (χ4n) is 1.61. The third kappa shape index (κ3) is 5.56. The number of aromatic amines is 1. The third-order valence-electron chi connectivity index (χ3n) is 2.67. The third-order valence-corrected chi connectivity index (χ3v) is 4.97. The van der Waals surface area contributed by atoms with Gasteiger partial charge in [-0.15, -0.1) is 0 Å². The van der Waals surface area contributed by atoms with E-state index in [4.69, 9.17) is 0 Å². The number of aromatic nitrogens is 1. The molecule has 3 N–H and O–H groups in total. The average Bonchev–Trinajstić information content (AvgIpc) is 2.84. The van der Waals surface area contributed by atoms with E-state index in [-0.39, 0.29) is 0 Å². The van der Waals surface area contributed by atoms with Gasteiger partial charge in [0.15, 0.2) is 0 Å². The van der Waals surface area contributed by atoms with Gasteiger partial charge in [0.1, 0.15) is 0 Å². The smallest absolute Gasteiger partial charge is 0.242 e. The molecule has 1 unspecified atom stereocenters. The Bertz CT molecular complexity index is 471. The van der Waals surface area contributed by atoms with E-state index < -0.39 is 10.0 Å². The number of sulfonamides is 1. The molecule has 0 aliphatic heterocycles. The molecule has 0 aliphatic rings. The van der Waals surface area contributed by atoms with Crippen LogP contribution in [0.15, 0.2) is 17.2 Å². The Kier molecular flexibility index (Phi) is 6.92. The van der Waals surface area contributed by atoms with Gasteiger partial charge in [-0.05, 0) is 30.5 Å². The molecule has 0 amide bonds. The van der Waals surface area contributed by atoms with Crippen molar-refractivity contribution < 1.29 is 8.42 Å². The van der Waals surface area contributed by atoms with Gasteiger partial charge >= 0.3 is 0 Å². The highest BCUT2D eigenvalue weighted by atomic mass is 32.2. The van der Waals surface area contributed by atoms with Gasteiger partial charge in [0, 0.05) is 25.0 Å². The molecule has 0 aromatic carbocycles. The van der Waals surface area contributed by atoms with Gasteiger partial charge in [-0.1, -0.05) is 13.8 Å². The van der Waals surface area contributed by atoms with Crippen LogP contribution in [-0.2, 0) is 16.6 Å². The highest BCUT2D eigenvalue weighted by molar-refractivity contribution is 7.98. The molecule has 0 aliphatic carbocycles. The van der Waals surface area contributed by atoms with E-state index >= 15 is 0 Å². The Labute approximate surface area is 120 Å². The lowest BCUT2D eigenvalue weighted by atomic mass is 10.2. The van der Waals surface area contributed by atoms with Crippen LogP contribution in [0.25, 0.3) is 0 Å². The van der Waals surface area contributed by atoms with Gasteiger partial charge in [0.25, 0.3) is 0 Å². The molecule has 1 aromatic heterocycles. The Morgan fingerprint density at radius 1 is 1.47 bits per heavy atom. The second-order valence-corrected chi connectivity index (χ2v) is 7.23. The van der Waals surface area contributed by atoms with E-state index in [9.17, 15) is 8.42 Å². The highest BCUT2D eigenvalue weighted by Crippen LogP contribution is 2.11. The van der Waals surface area contributed by atoms with Crippen molar-refractivity contribution in [3.63, 3.8) is 0 Å². The lowest BCUT2D eigenvalue weighted by Crippen LogP contribution is -2.29. The Morgan fingerprint density at radius 2 is 2.21 bits per heavy atom. The van der Waals surface area contributed by atoms with Crippen LogP contribution in [0.4, 0.5) is 0 Å². The zero-order chi connectivity index (χ0) is 14.3. The second-order valence-electron chi connectivity index (χ2n) is 4.55. The summed E-state index contributed by atoms with van der Waals surface area (Å²) in [5.74, 6) is 1.27. The summed E-state index contributed by atoms with van der Waals surface area (Å²) >= 11 is 1.72.